The molecule has 1 aromatic carbocycles. The lowest BCUT2D eigenvalue weighted by molar-refractivity contribution is 0.854. The Bertz CT molecular complexity index is 551. The predicted octanol–water partition coefficient (Wildman–Crippen LogP) is 3.84. The molecular weight excluding hydrogens is 290 g/mol. The molecule has 2 rings (SSSR count). The molecule has 0 aliphatic carbocycles. The molecule has 0 radical (unpaired) electrons. The standard InChI is InChI=1S/C15H20ClN3S/c1-3-4-13-14(9-17)20-15(18-13)19(2)10-11-5-7-12(16)8-6-11/h5-8H,3-4,9-10,17H2,1-2H3. The molecule has 3 nitrogen and oxygen atoms in total. The highest BCUT2D eigenvalue weighted by atomic mass is 35.5. The van der Waals surface area contributed by atoms with Crippen molar-refractivity contribution in [2.24, 2.45) is 5.73 Å². The van der Waals surface area contributed by atoms with E-state index < -0.39 is 0 Å². The number of anilines is 1. The van der Waals surface area contributed by atoms with Crippen molar-refractivity contribution in [2.45, 2.75) is 32.9 Å². The van der Waals surface area contributed by atoms with Crippen molar-refractivity contribution in [3.8, 4) is 0 Å². The largest absolute Gasteiger partial charge is 0.347 e. The van der Waals surface area contributed by atoms with Crippen molar-refractivity contribution in [2.75, 3.05) is 11.9 Å². The van der Waals surface area contributed by atoms with Crippen molar-refractivity contribution < 1.29 is 0 Å². The summed E-state index contributed by atoms with van der Waals surface area (Å²) in [4.78, 5) is 8.08. The van der Waals surface area contributed by atoms with Crippen LogP contribution in [0.2, 0.25) is 5.02 Å². The molecule has 2 N–H and O–H groups in total. The van der Waals surface area contributed by atoms with Gasteiger partial charge in [0.05, 0.1) is 5.69 Å². The minimum absolute atomic E-state index is 0.571. The van der Waals surface area contributed by atoms with Gasteiger partial charge in [-0.15, -0.1) is 11.3 Å². The van der Waals surface area contributed by atoms with Crippen LogP contribution >= 0.6 is 22.9 Å². The fourth-order valence-electron chi connectivity index (χ4n) is 2.06. The van der Waals surface area contributed by atoms with E-state index in [0.29, 0.717) is 6.54 Å². The van der Waals surface area contributed by atoms with Crippen molar-refractivity contribution in [1.82, 2.24) is 4.98 Å². The Hall–Kier alpha value is -1.10. The van der Waals surface area contributed by atoms with Crippen molar-refractivity contribution in [3.05, 3.63) is 45.4 Å². The average molecular weight is 310 g/mol. The number of thiazole rings is 1. The summed E-state index contributed by atoms with van der Waals surface area (Å²) in [5, 5.41) is 1.80. The maximum absolute atomic E-state index is 5.91. The van der Waals surface area contributed by atoms with Gasteiger partial charge in [-0.05, 0) is 24.1 Å². The molecule has 0 atom stereocenters. The smallest absolute Gasteiger partial charge is 0.185 e. The number of aryl methyl sites for hydroxylation is 1. The van der Waals surface area contributed by atoms with Crippen LogP contribution in [-0.4, -0.2) is 12.0 Å². The molecule has 0 bridgehead atoms. The van der Waals surface area contributed by atoms with E-state index in [4.69, 9.17) is 22.3 Å². The molecule has 1 aromatic heterocycles. The Morgan fingerprint density at radius 2 is 2.00 bits per heavy atom. The van der Waals surface area contributed by atoms with Gasteiger partial charge in [0.25, 0.3) is 0 Å². The van der Waals surface area contributed by atoms with Crippen molar-refractivity contribution in [1.29, 1.82) is 0 Å². The zero-order chi connectivity index (χ0) is 14.5. The Balaban J connectivity index is 2.12. The first-order valence-electron chi connectivity index (χ1n) is 6.78. The summed E-state index contributed by atoms with van der Waals surface area (Å²) in [5.41, 5.74) is 8.17. The maximum atomic E-state index is 5.91. The zero-order valence-corrected chi connectivity index (χ0v) is 13.5. The van der Waals surface area contributed by atoms with Gasteiger partial charge in [-0.3, -0.25) is 0 Å². The molecule has 0 aliphatic heterocycles. The summed E-state index contributed by atoms with van der Waals surface area (Å²) in [7, 11) is 2.06. The lowest BCUT2D eigenvalue weighted by Crippen LogP contribution is -2.16. The number of nitrogens with two attached hydrogens (primary N) is 1. The Morgan fingerprint density at radius 1 is 1.30 bits per heavy atom. The number of rotatable bonds is 6. The van der Waals surface area contributed by atoms with E-state index in [1.54, 1.807) is 11.3 Å². The van der Waals surface area contributed by atoms with E-state index in [0.717, 1.165) is 35.2 Å². The van der Waals surface area contributed by atoms with Crippen LogP contribution in [0.25, 0.3) is 0 Å². The second kappa shape index (κ2) is 7.07. The topological polar surface area (TPSA) is 42.2 Å². The minimum Gasteiger partial charge on any atom is -0.347 e. The molecule has 5 heteroatoms. The summed E-state index contributed by atoms with van der Waals surface area (Å²) in [6.45, 7) is 3.55. The molecule has 0 saturated heterocycles. The second-order valence-electron chi connectivity index (χ2n) is 4.80. The minimum atomic E-state index is 0.571. The van der Waals surface area contributed by atoms with E-state index in [9.17, 15) is 0 Å². The number of benzene rings is 1. The highest BCUT2D eigenvalue weighted by Gasteiger charge is 2.12. The lowest BCUT2D eigenvalue weighted by atomic mass is 10.2. The van der Waals surface area contributed by atoms with Crippen LogP contribution in [-0.2, 0) is 19.5 Å². The van der Waals surface area contributed by atoms with Gasteiger partial charge in [0, 0.05) is 30.0 Å². The van der Waals surface area contributed by atoms with Crippen LogP contribution in [0.1, 0.15) is 29.5 Å². The normalized spacial score (nSPS) is 10.8. The number of nitrogens with zero attached hydrogens (tertiary/aromatic N) is 2. The molecule has 20 heavy (non-hydrogen) atoms. The number of aromatic nitrogens is 1. The third kappa shape index (κ3) is 3.72. The highest BCUT2D eigenvalue weighted by Crippen LogP contribution is 2.27. The first-order chi connectivity index (χ1) is 9.63. The first-order valence-corrected chi connectivity index (χ1v) is 7.97. The SMILES string of the molecule is CCCc1nc(N(C)Cc2ccc(Cl)cc2)sc1CN. The summed E-state index contributed by atoms with van der Waals surface area (Å²) in [6, 6.07) is 7.92. The van der Waals surface area contributed by atoms with Crippen LogP contribution in [0.3, 0.4) is 0 Å². The van der Waals surface area contributed by atoms with E-state index in [1.807, 2.05) is 24.3 Å². The summed E-state index contributed by atoms with van der Waals surface area (Å²) in [5.74, 6) is 0. The van der Waals surface area contributed by atoms with E-state index in [-0.39, 0.29) is 0 Å². The quantitative estimate of drug-likeness (QED) is 0.881. The first kappa shape index (κ1) is 15.3. The van der Waals surface area contributed by atoms with E-state index >= 15 is 0 Å². The molecule has 0 fully saturated rings. The van der Waals surface area contributed by atoms with Crippen molar-refractivity contribution >= 4 is 28.1 Å². The van der Waals surface area contributed by atoms with Gasteiger partial charge >= 0.3 is 0 Å². The average Bonchev–Trinajstić information content (AvgIpc) is 2.85. The Kier molecular flexibility index (Phi) is 5.40. The van der Waals surface area contributed by atoms with Crippen LogP contribution in [0, 0.1) is 0 Å². The third-order valence-corrected chi connectivity index (χ3v) is 4.58. The molecule has 0 amide bonds. The van der Waals surface area contributed by atoms with Gasteiger partial charge in [0.15, 0.2) is 5.13 Å². The van der Waals surface area contributed by atoms with E-state index in [1.165, 1.54) is 10.4 Å². The number of hydrogen-bond donors (Lipinski definition) is 1. The molecular formula is C15H20ClN3S. The molecule has 0 saturated carbocycles. The summed E-state index contributed by atoms with van der Waals surface area (Å²) >= 11 is 7.60. The van der Waals surface area contributed by atoms with Gasteiger partial charge in [-0.1, -0.05) is 37.1 Å². The van der Waals surface area contributed by atoms with Crippen LogP contribution < -0.4 is 10.6 Å². The fourth-order valence-corrected chi connectivity index (χ4v) is 3.13. The van der Waals surface area contributed by atoms with Gasteiger partial charge < -0.3 is 10.6 Å². The monoisotopic (exact) mass is 309 g/mol. The molecule has 0 unspecified atom stereocenters. The maximum Gasteiger partial charge on any atom is 0.185 e. The van der Waals surface area contributed by atoms with Crippen molar-refractivity contribution in [3.63, 3.8) is 0 Å². The van der Waals surface area contributed by atoms with Crippen LogP contribution in [0.5, 0.6) is 0 Å². The van der Waals surface area contributed by atoms with E-state index in [2.05, 4.69) is 18.9 Å². The highest BCUT2D eigenvalue weighted by molar-refractivity contribution is 7.15. The van der Waals surface area contributed by atoms with Gasteiger partial charge in [-0.2, -0.15) is 0 Å². The van der Waals surface area contributed by atoms with Gasteiger partial charge in [0.1, 0.15) is 0 Å². The fraction of sp³-hybridized carbons (Fsp3) is 0.400. The Labute approximate surface area is 129 Å². The number of halogens is 1. The number of hydrogen-bond acceptors (Lipinski definition) is 4. The molecule has 0 aliphatic rings. The predicted molar refractivity (Wildman–Crippen MR) is 87.6 cm³/mol. The van der Waals surface area contributed by atoms with Gasteiger partial charge in [0.2, 0.25) is 0 Å². The zero-order valence-electron chi connectivity index (χ0n) is 11.9. The van der Waals surface area contributed by atoms with Crippen LogP contribution in [0.4, 0.5) is 5.13 Å². The summed E-state index contributed by atoms with van der Waals surface area (Å²) < 4.78 is 0. The molecule has 1 heterocycles. The second-order valence-corrected chi connectivity index (χ2v) is 6.30. The van der Waals surface area contributed by atoms with Gasteiger partial charge in [-0.25, -0.2) is 4.98 Å². The molecule has 0 spiro atoms. The summed E-state index contributed by atoms with van der Waals surface area (Å²) in [6.07, 6.45) is 2.09. The Morgan fingerprint density at radius 3 is 2.60 bits per heavy atom. The molecule has 2 aromatic rings. The third-order valence-electron chi connectivity index (χ3n) is 3.10. The van der Waals surface area contributed by atoms with Crippen LogP contribution in [0.15, 0.2) is 24.3 Å². The lowest BCUT2D eigenvalue weighted by Gasteiger charge is -2.15. The molecule has 108 valence electrons.